The molecule has 0 fully saturated rings. The molecule has 4 heteroatoms. The van der Waals surface area contributed by atoms with E-state index in [1.54, 1.807) is 43.3 Å². The van der Waals surface area contributed by atoms with Crippen LogP contribution in [0, 0.1) is 5.82 Å². The molecule has 19 heavy (non-hydrogen) atoms. The van der Waals surface area contributed by atoms with Gasteiger partial charge in [0.1, 0.15) is 11.6 Å². The second-order valence-electron chi connectivity index (χ2n) is 4.12. The Hall–Kier alpha value is -2.36. The molecule has 2 aromatic rings. The van der Waals surface area contributed by atoms with Crippen molar-refractivity contribution in [1.82, 2.24) is 5.32 Å². The van der Waals surface area contributed by atoms with Gasteiger partial charge in [-0.15, -0.1) is 0 Å². The lowest BCUT2D eigenvalue weighted by Crippen LogP contribution is -2.29. The lowest BCUT2D eigenvalue weighted by atomic mass is 10.1. The number of halogens is 1. The zero-order valence-electron chi connectivity index (χ0n) is 10.5. The van der Waals surface area contributed by atoms with Crippen LogP contribution >= 0.6 is 0 Å². The number of carbonyl (C=O) groups is 1. The van der Waals surface area contributed by atoms with E-state index in [4.69, 9.17) is 4.74 Å². The maximum atomic E-state index is 12.8. The van der Waals surface area contributed by atoms with Gasteiger partial charge in [0.05, 0.1) is 6.04 Å². The molecule has 0 heterocycles. The summed E-state index contributed by atoms with van der Waals surface area (Å²) in [6.07, 6.45) is -0.539. The van der Waals surface area contributed by atoms with Gasteiger partial charge < -0.3 is 10.1 Å². The van der Waals surface area contributed by atoms with Crippen LogP contribution in [0.4, 0.5) is 9.18 Å². The van der Waals surface area contributed by atoms with Crippen LogP contribution in [0.2, 0.25) is 0 Å². The minimum atomic E-state index is -0.539. The van der Waals surface area contributed by atoms with Gasteiger partial charge in [0.2, 0.25) is 0 Å². The van der Waals surface area contributed by atoms with E-state index in [-0.39, 0.29) is 11.9 Å². The topological polar surface area (TPSA) is 38.3 Å². The summed E-state index contributed by atoms with van der Waals surface area (Å²) in [5, 5.41) is 2.68. The number of hydrogen-bond acceptors (Lipinski definition) is 2. The van der Waals surface area contributed by atoms with Gasteiger partial charge in [-0.2, -0.15) is 0 Å². The minimum absolute atomic E-state index is 0.253. The Bertz CT molecular complexity index is 540. The fraction of sp³-hybridized carbons (Fsp3) is 0.133. The van der Waals surface area contributed by atoms with E-state index < -0.39 is 6.09 Å². The maximum Gasteiger partial charge on any atom is 0.413 e. The number of carbonyl (C=O) groups excluding carboxylic acids is 1. The van der Waals surface area contributed by atoms with Gasteiger partial charge in [0.25, 0.3) is 0 Å². The van der Waals surface area contributed by atoms with Gasteiger partial charge in [0, 0.05) is 0 Å². The van der Waals surface area contributed by atoms with E-state index in [1.807, 2.05) is 6.07 Å². The fourth-order valence-electron chi connectivity index (χ4n) is 1.64. The Kier molecular flexibility index (Phi) is 4.13. The van der Waals surface area contributed by atoms with Crippen molar-refractivity contribution in [2.75, 3.05) is 0 Å². The SMILES string of the molecule is CC(NC(=O)Oc1ccccc1)c1ccc(F)cc1. The Morgan fingerprint density at radius 1 is 1.11 bits per heavy atom. The Balaban J connectivity index is 1.93. The summed E-state index contributed by atoms with van der Waals surface area (Å²) in [5.74, 6) is 0.175. The van der Waals surface area contributed by atoms with Crippen molar-refractivity contribution < 1.29 is 13.9 Å². The molecule has 3 nitrogen and oxygen atoms in total. The fourth-order valence-corrected chi connectivity index (χ4v) is 1.64. The number of amides is 1. The lowest BCUT2D eigenvalue weighted by Gasteiger charge is -2.14. The van der Waals surface area contributed by atoms with Gasteiger partial charge in [-0.05, 0) is 36.8 Å². The third kappa shape index (κ3) is 3.81. The van der Waals surface area contributed by atoms with Crippen LogP contribution < -0.4 is 10.1 Å². The van der Waals surface area contributed by atoms with Gasteiger partial charge >= 0.3 is 6.09 Å². The molecule has 0 aromatic heterocycles. The number of rotatable bonds is 3. The van der Waals surface area contributed by atoms with E-state index in [9.17, 15) is 9.18 Å². The van der Waals surface area contributed by atoms with E-state index in [0.717, 1.165) is 5.56 Å². The van der Waals surface area contributed by atoms with Crippen molar-refractivity contribution >= 4 is 6.09 Å². The molecule has 0 aliphatic carbocycles. The summed E-state index contributed by atoms with van der Waals surface area (Å²) in [5.41, 5.74) is 0.811. The molecule has 98 valence electrons. The van der Waals surface area contributed by atoms with Gasteiger partial charge in [0.15, 0.2) is 0 Å². The molecule has 0 aliphatic rings. The van der Waals surface area contributed by atoms with Crippen molar-refractivity contribution in [3.8, 4) is 5.75 Å². The predicted molar refractivity (Wildman–Crippen MR) is 70.4 cm³/mol. The third-order valence-corrected chi connectivity index (χ3v) is 2.66. The van der Waals surface area contributed by atoms with Crippen molar-refractivity contribution in [2.45, 2.75) is 13.0 Å². The van der Waals surface area contributed by atoms with Gasteiger partial charge in [-0.3, -0.25) is 0 Å². The smallest absolute Gasteiger partial charge is 0.410 e. The number of ether oxygens (including phenoxy) is 1. The van der Waals surface area contributed by atoms with Crippen LogP contribution in [0.25, 0.3) is 0 Å². The summed E-state index contributed by atoms with van der Waals surface area (Å²) >= 11 is 0. The lowest BCUT2D eigenvalue weighted by molar-refractivity contribution is 0.197. The molecule has 0 spiro atoms. The predicted octanol–water partition coefficient (Wildman–Crippen LogP) is 3.68. The maximum absolute atomic E-state index is 12.8. The molecule has 0 saturated heterocycles. The van der Waals surface area contributed by atoms with E-state index in [1.165, 1.54) is 12.1 Å². The number of hydrogen-bond donors (Lipinski definition) is 1. The number of para-hydroxylation sites is 1. The molecular formula is C15H14FNO2. The second-order valence-corrected chi connectivity index (χ2v) is 4.12. The quantitative estimate of drug-likeness (QED) is 0.913. The number of nitrogens with one attached hydrogen (secondary N) is 1. The molecule has 2 aromatic carbocycles. The highest BCUT2D eigenvalue weighted by atomic mass is 19.1. The molecule has 1 N–H and O–H groups in total. The summed E-state index contributed by atoms with van der Waals surface area (Å²) in [7, 11) is 0. The monoisotopic (exact) mass is 259 g/mol. The summed E-state index contributed by atoms with van der Waals surface area (Å²) in [6, 6.07) is 14.5. The Labute approximate surface area is 111 Å². The largest absolute Gasteiger partial charge is 0.413 e. The molecule has 1 unspecified atom stereocenters. The third-order valence-electron chi connectivity index (χ3n) is 2.66. The van der Waals surface area contributed by atoms with Crippen molar-refractivity contribution in [3.63, 3.8) is 0 Å². The van der Waals surface area contributed by atoms with Crippen LogP contribution in [-0.4, -0.2) is 6.09 Å². The second kappa shape index (κ2) is 6.00. The average Bonchev–Trinajstić information content (AvgIpc) is 2.40. The highest BCUT2D eigenvalue weighted by molar-refractivity contribution is 5.70. The van der Waals surface area contributed by atoms with Crippen molar-refractivity contribution in [3.05, 3.63) is 66.0 Å². The zero-order valence-corrected chi connectivity index (χ0v) is 10.5. The van der Waals surface area contributed by atoms with Crippen LogP contribution in [0.3, 0.4) is 0 Å². The van der Waals surface area contributed by atoms with E-state index >= 15 is 0 Å². The van der Waals surface area contributed by atoms with E-state index in [0.29, 0.717) is 5.75 Å². The molecule has 2 rings (SSSR count). The van der Waals surface area contributed by atoms with Crippen LogP contribution in [0.1, 0.15) is 18.5 Å². The van der Waals surface area contributed by atoms with Crippen molar-refractivity contribution in [1.29, 1.82) is 0 Å². The first-order valence-corrected chi connectivity index (χ1v) is 5.94. The first-order chi connectivity index (χ1) is 9.15. The van der Waals surface area contributed by atoms with Crippen molar-refractivity contribution in [2.24, 2.45) is 0 Å². The number of benzene rings is 2. The van der Waals surface area contributed by atoms with E-state index in [2.05, 4.69) is 5.32 Å². The molecule has 0 saturated carbocycles. The Morgan fingerprint density at radius 3 is 2.37 bits per heavy atom. The molecular weight excluding hydrogens is 245 g/mol. The molecule has 0 bridgehead atoms. The molecule has 0 radical (unpaired) electrons. The normalized spacial score (nSPS) is 11.7. The minimum Gasteiger partial charge on any atom is -0.410 e. The van der Waals surface area contributed by atoms with Crippen LogP contribution in [0.15, 0.2) is 54.6 Å². The summed E-state index contributed by atoms with van der Waals surface area (Å²) < 4.78 is 17.9. The highest BCUT2D eigenvalue weighted by Crippen LogP contribution is 2.14. The zero-order chi connectivity index (χ0) is 13.7. The molecule has 0 aliphatic heterocycles. The first kappa shape index (κ1) is 13.1. The average molecular weight is 259 g/mol. The summed E-state index contributed by atoms with van der Waals surface area (Å²) in [4.78, 5) is 11.7. The highest BCUT2D eigenvalue weighted by Gasteiger charge is 2.11. The van der Waals surface area contributed by atoms with Gasteiger partial charge in [-0.25, -0.2) is 9.18 Å². The Morgan fingerprint density at radius 2 is 1.74 bits per heavy atom. The van der Waals surface area contributed by atoms with Crippen LogP contribution in [0.5, 0.6) is 5.75 Å². The van der Waals surface area contributed by atoms with Gasteiger partial charge in [-0.1, -0.05) is 30.3 Å². The standard InChI is InChI=1S/C15H14FNO2/c1-11(12-7-9-13(16)10-8-12)17-15(18)19-14-5-3-2-4-6-14/h2-11H,1H3,(H,17,18). The van der Waals surface area contributed by atoms with Crippen LogP contribution in [-0.2, 0) is 0 Å². The summed E-state index contributed by atoms with van der Waals surface area (Å²) in [6.45, 7) is 1.81. The molecule has 1 amide bonds. The molecule has 1 atom stereocenters. The first-order valence-electron chi connectivity index (χ1n) is 5.94.